The third-order valence-corrected chi connectivity index (χ3v) is 5.52. The van der Waals surface area contributed by atoms with Gasteiger partial charge in [0.05, 0.1) is 21.7 Å². The van der Waals surface area contributed by atoms with Crippen LogP contribution >= 0.6 is 46.6 Å². The van der Waals surface area contributed by atoms with E-state index < -0.39 is 0 Å². The van der Waals surface area contributed by atoms with Gasteiger partial charge in [0.1, 0.15) is 4.32 Å². The van der Waals surface area contributed by atoms with E-state index in [0.717, 1.165) is 14.9 Å². The summed E-state index contributed by atoms with van der Waals surface area (Å²) in [6.07, 6.45) is 1.88. The second kappa shape index (κ2) is 9.23. The first kappa shape index (κ1) is 20.5. The van der Waals surface area contributed by atoms with Gasteiger partial charge in [0.2, 0.25) is 0 Å². The SMILES string of the molecule is CCOc1cc(/C=C2\SC(=S)N(CC(C)C)C2=O)cc(I)c1OCC. The lowest BCUT2D eigenvalue weighted by Gasteiger charge is -2.16. The highest BCUT2D eigenvalue weighted by Gasteiger charge is 2.32. The molecule has 1 aliphatic rings. The van der Waals surface area contributed by atoms with Gasteiger partial charge >= 0.3 is 0 Å². The fraction of sp³-hybridized carbons (Fsp3) is 0.444. The standard InChI is InChI=1S/C18H22INO3S2/c1-5-22-14-8-12(7-13(19)16(14)23-6-2)9-15-17(21)20(10-11(3)4)18(24)25-15/h7-9,11H,5-6,10H2,1-4H3/b15-9-. The number of ether oxygens (including phenoxy) is 2. The number of amides is 1. The number of carbonyl (C=O) groups is 1. The van der Waals surface area contributed by atoms with E-state index in [1.807, 2.05) is 32.1 Å². The van der Waals surface area contributed by atoms with Crippen molar-refractivity contribution in [2.24, 2.45) is 5.92 Å². The highest BCUT2D eigenvalue weighted by molar-refractivity contribution is 14.1. The Hall–Kier alpha value is -0.800. The van der Waals surface area contributed by atoms with Gasteiger partial charge in [-0.3, -0.25) is 9.69 Å². The van der Waals surface area contributed by atoms with Crippen LogP contribution in [0.5, 0.6) is 11.5 Å². The Labute approximate surface area is 172 Å². The minimum absolute atomic E-state index is 0.0226. The van der Waals surface area contributed by atoms with Crippen LogP contribution in [0.15, 0.2) is 17.0 Å². The van der Waals surface area contributed by atoms with Gasteiger partial charge in [0, 0.05) is 6.54 Å². The molecule has 0 unspecified atom stereocenters. The van der Waals surface area contributed by atoms with Crippen molar-refractivity contribution in [3.8, 4) is 11.5 Å². The molecule has 1 aliphatic heterocycles. The predicted octanol–water partition coefficient (Wildman–Crippen LogP) is 4.95. The second-order valence-electron chi connectivity index (χ2n) is 5.88. The van der Waals surface area contributed by atoms with Crippen LogP contribution in [0.2, 0.25) is 0 Å². The monoisotopic (exact) mass is 491 g/mol. The summed E-state index contributed by atoms with van der Waals surface area (Å²) in [6.45, 7) is 9.80. The van der Waals surface area contributed by atoms with Crippen LogP contribution in [0, 0.1) is 9.49 Å². The molecule has 1 aromatic carbocycles. The Morgan fingerprint density at radius 2 is 1.96 bits per heavy atom. The highest BCUT2D eigenvalue weighted by atomic mass is 127. The minimum Gasteiger partial charge on any atom is -0.490 e. The lowest BCUT2D eigenvalue weighted by Crippen LogP contribution is -2.31. The van der Waals surface area contributed by atoms with Gasteiger partial charge in [-0.25, -0.2) is 0 Å². The van der Waals surface area contributed by atoms with E-state index in [4.69, 9.17) is 21.7 Å². The van der Waals surface area contributed by atoms with Gasteiger partial charge in [0.25, 0.3) is 5.91 Å². The molecule has 0 saturated carbocycles. The minimum atomic E-state index is -0.0226. The normalized spacial score (nSPS) is 16.2. The van der Waals surface area contributed by atoms with Crippen LogP contribution in [0.25, 0.3) is 6.08 Å². The van der Waals surface area contributed by atoms with Crippen LogP contribution in [0.1, 0.15) is 33.3 Å². The third-order valence-electron chi connectivity index (χ3n) is 3.34. The number of thioether (sulfide) groups is 1. The maximum Gasteiger partial charge on any atom is 0.266 e. The summed E-state index contributed by atoms with van der Waals surface area (Å²) < 4.78 is 13.0. The van der Waals surface area contributed by atoms with Crippen molar-refractivity contribution in [1.82, 2.24) is 4.90 Å². The largest absolute Gasteiger partial charge is 0.490 e. The average molecular weight is 491 g/mol. The third kappa shape index (κ3) is 5.10. The Bertz CT molecular complexity index is 704. The van der Waals surface area contributed by atoms with Crippen LogP contribution in [-0.4, -0.2) is 34.9 Å². The number of benzene rings is 1. The summed E-state index contributed by atoms with van der Waals surface area (Å²) in [4.78, 5) is 14.9. The van der Waals surface area contributed by atoms with Crippen molar-refractivity contribution in [2.45, 2.75) is 27.7 Å². The second-order valence-corrected chi connectivity index (χ2v) is 8.72. The highest BCUT2D eigenvalue weighted by Crippen LogP contribution is 2.37. The Morgan fingerprint density at radius 3 is 2.56 bits per heavy atom. The number of hydrogen-bond acceptors (Lipinski definition) is 5. The maximum absolute atomic E-state index is 12.6. The molecule has 1 fully saturated rings. The van der Waals surface area contributed by atoms with Gasteiger partial charge < -0.3 is 9.47 Å². The fourth-order valence-electron chi connectivity index (χ4n) is 2.39. The zero-order valence-corrected chi connectivity index (χ0v) is 18.6. The molecule has 25 heavy (non-hydrogen) atoms. The molecule has 1 aromatic rings. The van der Waals surface area contributed by atoms with Gasteiger partial charge in [-0.2, -0.15) is 0 Å². The van der Waals surface area contributed by atoms with Crippen molar-refractivity contribution in [3.63, 3.8) is 0 Å². The van der Waals surface area contributed by atoms with Crippen molar-refractivity contribution >= 4 is 62.9 Å². The van der Waals surface area contributed by atoms with Crippen molar-refractivity contribution < 1.29 is 14.3 Å². The number of hydrogen-bond donors (Lipinski definition) is 0. The van der Waals surface area contributed by atoms with E-state index >= 15 is 0 Å². The number of halogens is 1. The molecular formula is C18H22INO3S2. The van der Waals surface area contributed by atoms with E-state index in [1.54, 1.807) is 4.90 Å². The lowest BCUT2D eigenvalue weighted by atomic mass is 10.1. The quantitative estimate of drug-likeness (QED) is 0.307. The molecule has 1 saturated heterocycles. The maximum atomic E-state index is 12.6. The zero-order chi connectivity index (χ0) is 18.6. The molecule has 0 N–H and O–H groups in total. The summed E-state index contributed by atoms with van der Waals surface area (Å²) in [5.41, 5.74) is 0.904. The molecule has 0 bridgehead atoms. The smallest absolute Gasteiger partial charge is 0.266 e. The summed E-state index contributed by atoms with van der Waals surface area (Å²) >= 11 is 8.94. The van der Waals surface area contributed by atoms with Crippen LogP contribution in [-0.2, 0) is 4.79 Å². The molecule has 2 rings (SSSR count). The van der Waals surface area contributed by atoms with Crippen LogP contribution < -0.4 is 9.47 Å². The molecule has 1 heterocycles. The Morgan fingerprint density at radius 1 is 1.28 bits per heavy atom. The van der Waals surface area contributed by atoms with E-state index in [9.17, 15) is 4.79 Å². The molecule has 0 radical (unpaired) electrons. The topological polar surface area (TPSA) is 38.8 Å². The van der Waals surface area contributed by atoms with Crippen LogP contribution in [0.3, 0.4) is 0 Å². The summed E-state index contributed by atoms with van der Waals surface area (Å²) in [6, 6.07) is 3.90. The molecule has 0 aromatic heterocycles. The van der Waals surface area contributed by atoms with Gasteiger partial charge in [-0.15, -0.1) is 0 Å². The first-order chi connectivity index (χ1) is 11.9. The summed E-state index contributed by atoms with van der Waals surface area (Å²) in [5.74, 6) is 1.79. The first-order valence-electron chi connectivity index (χ1n) is 8.21. The molecule has 7 heteroatoms. The van der Waals surface area contributed by atoms with Crippen molar-refractivity contribution in [2.75, 3.05) is 19.8 Å². The van der Waals surface area contributed by atoms with Crippen molar-refractivity contribution in [3.05, 3.63) is 26.2 Å². The number of carbonyl (C=O) groups excluding carboxylic acids is 1. The average Bonchev–Trinajstić information content (AvgIpc) is 2.78. The Balaban J connectivity index is 2.34. The van der Waals surface area contributed by atoms with Gasteiger partial charge in [0.15, 0.2) is 11.5 Å². The molecule has 4 nitrogen and oxygen atoms in total. The molecule has 0 spiro atoms. The molecule has 136 valence electrons. The summed E-state index contributed by atoms with van der Waals surface area (Å²) in [5, 5.41) is 0. The fourth-order valence-corrected chi connectivity index (χ4v) is 4.45. The van der Waals surface area contributed by atoms with Gasteiger partial charge in [-0.05, 0) is 66.1 Å². The zero-order valence-electron chi connectivity index (χ0n) is 14.8. The predicted molar refractivity (Wildman–Crippen MR) is 116 cm³/mol. The molecule has 1 amide bonds. The first-order valence-corrected chi connectivity index (χ1v) is 10.5. The number of nitrogens with zero attached hydrogens (tertiary/aromatic N) is 1. The van der Waals surface area contributed by atoms with Crippen LogP contribution in [0.4, 0.5) is 0 Å². The lowest BCUT2D eigenvalue weighted by molar-refractivity contribution is -0.122. The van der Waals surface area contributed by atoms with E-state index in [-0.39, 0.29) is 5.91 Å². The van der Waals surface area contributed by atoms with Gasteiger partial charge in [-0.1, -0.05) is 37.8 Å². The van der Waals surface area contributed by atoms with E-state index in [1.165, 1.54) is 11.8 Å². The molecular weight excluding hydrogens is 469 g/mol. The molecule has 0 atom stereocenters. The molecule has 0 aliphatic carbocycles. The number of rotatable bonds is 7. The van der Waals surface area contributed by atoms with E-state index in [2.05, 4.69) is 36.4 Å². The van der Waals surface area contributed by atoms with E-state index in [0.29, 0.717) is 40.7 Å². The summed E-state index contributed by atoms with van der Waals surface area (Å²) in [7, 11) is 0. The van der Waals surface area contributed by atoms with Crippen molar-refractivity contribution in [1.29, 1.82) is 0 Å². The number of thiocarbonyl (C=S) groups is 1. The Kier molecular flexibility index (Phi) is 7.57.